The number of benzene rings is 1. The van der Waals surface area contributed by atoms with Crippen molar-refractivity contribution in [2.24, 2.45) is 5.92 Å². The summed E-state index contributed by atoms with van der Waals surface area (Å²) < 4.78 is 5.14. The van der Waals surface area contributed by atoms with E-state index in [2.05, 4.69) is 36.2 Å². The molecular formula is C24H39N3O3. The topological polar surface area (TPSA) is 61.9 Å². The summed E-state index contributed by atoms with van der Waals surface area (Å²) in [6.07, 6.45) is 3.04. The molecule has 2 atom stereocenters. The van der Waals surface area contributed by atoms with Gasteiger partial charge in [-0.05, 0) is 76.6 Å². The Kier molecular flexibility index (Phi) is 9.63. The predicted molar refractivity (Wildman–Crippen MR) is 122 cm³/mol. The maximum Gasteiger partial charge on any atom is 0.409 e. The number of nitrogens with one attached hydrogen (secondary N) is 1. The lowest BCUT2D eigenvalue weighted by Gasteiger charge is -2.39. The van der Waals surface area contributed by atoms with Crippen molar-refractivity contribution < 1.29 is 14.3 Å². The molecule has 0 bridgehead atoms. The fourth-order valence-corrected chi connectivity index (χ4v) is 4.43. The number of hydrogen-bond donors (Lipinski definition) is 1. The first-order chi connectivity index (χ1) is 14.4. The van der Waals surface area contributed by atoms with Crippen molar-refractivity contribution in [1.82, 2.24) is 9.80 Å². The summed E-state index contributed by atoms with van der Waals surface area (Å²) in [5.74, 6) is 0.988. The first-order valence-corrected chi connectivity index (χ1v) is 11.4. The fourth-order valence-electron chi connectivity index (χ4n) is 4.43. The van der Waals surface area contributed by atoms with E-state index in [-0.39, 0.29) is 12.0 Å². The Morgan fingerprint density at radius 1 is 1.20 bits per heavy atom. The van der Waals surface area contributed by atoms with Gasteiger partial charge >= 0.3 is 6.09 Å². The predicted octanol–water partition coefficient (Wildman–Crippen LogP) is 4.72. The van der Waals surface area contributed by atoms with Crippen molar-refractivity contribution in [2.75, 3.05) is 38.1 Å². The van der Waals surface area contributed by atoms with E-state index in [0.29, 0.717) is 31.0 Å². The minimum atomic E-state index is -0.211. The van der Waals surface area contributed by atoms with Crippen LogP contribution in [0.3, 0.4) is 0 Å². The third-order valence-corrected chi connectivity index (χ3v) is 6.39. The third kappa shape index (κ3) is 6.73. The molecule has 1 aromatic carbocycles. The first-order valence-electron chi connectivity index (χ1n) is 11.4. The summed E-state index contributed by atoms with van der Waals surface area (Å²) in [7, 11) is 0. The van der Waals surface area contributed by atoms with Crippen molar-refractivity contribution in [2.45, 2.75) is 65.8 Å². The van der Waals surface area contributed by atoms with Gasteiger partial charge in [0.15, 0.2) is 0 Å². The highest BCUT2D eigenvalue weighted by molar-refractivity contribution is 5.89. The lowest BCUT2D eigenvalue weighted by molar-refractivity contribution is -0.114. The van der Waals surface area contributed by atoms with Crippen LogP contribution in [0.25, 0.3) is 0 Å². The van der Waals surface area contributed by atoms with Crippen LogP contribution < -0.4 is 5.32 Å². The Bertz CT molecular complexity index is 686. The second-order valence-corrected chi connectivity index (χ2v) is 8.35. The maximum atomic E-state index is 12.0. The molecule has 30 heavy (non-hydrogen) atoms. The second-order valence-electron chi connectivity index (χ2n) is 8.35. The SMILES string of the molecule is CCOC(=O)N(CC)CCC(C)N1CCC(C(C)c2ccccc2NC(C)=O)CC1. The minimum Gasteiger partial charge on any atom is -0.450 e. The maximum absolute atomic E-state index is 12.0. The zero-order valence-corrected chi connectivity index (χ0v) is 19.3. The highest BCUT2D eigenvalue weighted by atomic mass is 16.6. The Labute approximate surface area is 182 Å². The number of hydrogen-bond acceptors (Lipinski definition) is 4. The molecule has 0 saturated carbocycles. The lowest BCUT2D eigenvalue weighted by Crippen LogP contribution is -2.43. The number of piperidine rings is 1. The quantitative estimate of drug-likeness (QED) is 0.632. The molecule has 1 heterocycles. The molecule has 168 valence electrons. The lowest BCUT2D eigenvalue weighted by atomic mass is 9.80. The number of amides is 2. The highest BCUT2D eigenvalue weighted by Crippen LogP contribution is 2.36. The number of rotatable bonds is 9. The van der Waals surface area contributed by atoms with Crippen molar-refractivity contribution in [3.8, 4) is 0 Å². The minimum absolute atomic E-state index is 0.0257. The van der Waals surface area contributed by atoms with E-state index in [4.69, 9.17) is 4.74 Å². The van der Waals surface area contributed by atoms with Gasteiger partial charge in [0, 0.05) is 31.7 Å². The van der Waals surface area contributed by atoms with Gasteiger partial charge in [-0.25, -0.2) is 4.79 Å². The van der Waals surface area contributed by atoms with Crippen LogP contribution in [0.15, 0.2) is 24.3 Å². The van der Waals surface area contributed by atoms with Crippen LogP contribution in [-0.4, -0.2) is 60.6 Å². The molecule has 0 aromatic heterocycles. The number of ether oxygens (including phenoxy) is 1. The van der Waals surface area contributed by atoms with E-state index in [1.165, 1.54) is 5.56 Å². The molecule has 2 amide bonds. The monoisotopic (exact) mass is 417 g/mol. The Balaban J connectivity index is 1.87. The van der Waals surface area contributed by atoms with E-state index in [9.17, 15) is 9.59 Å². The van der Waals surface area contributed by atoms with Crippen molar-refractivity contribution >= 4 is 17.7 Å². The van der Waals surface area contributed by atoms with Crippen molar-refractivity contribution in [3.63, 3.8) is 0 Å². The van der Waals surface area contributed by atoms with Gasteiger partial charge in [0.05, 0.1) is 6.61 Å². The average molecular weight is 418 g/mol. The normalized spacial score (nSPS) is 17.2. The van der Waals surface area contributed by atoms with Crippen LogP contribution >= 0.6 is 0 Å². The number of nitrogens with zero attached hydrogens (tertiary/aromatic N) is 2. The van der Waals surface area contributed by atoms with Crippen molar-refractivity contribution in [1.29, 1.82) is 0 Å². The smallest absolute Gasteiger partial charge is 0.409 e. The zero-order chi connectivity index (χ0) is 22.1. The largest absolute Gasteiger partial charge is 0.450 e. The third-order valence-electron chi connectivity index (χ3n) is 6.39. The van der Waals surface area contributed by atoms with E-state index >= 15 is 0 Å². The molecule has 2 rings (SSSR count). The van der Waals surface area contributed by atoms with Crippen LogP contribution in [-0.2, 0) is 9.53 Å². The van der Waals surface area contributed by atoms with Crippen LogP contribution in [0, 0.1) is 5.92 Å². The van der Waals surface area contributed by atoms with Gasteiger partial charge in [-0.15, -0.1) is 0 Å². The Hall–Kier alpha value is -2.08. The summed E-state index contributed by atoms with van der Waals surface area (Å²) in [6.45, 7) is 13.9. The molecule has 1 fully saturated rings. The van der Waals surface area contributed by atoms with Crippen LogP contribution in [0.5, 0.6) is 0 Å². The average Bonchev–Trinajstić information content (AvgIpc) is 2.74. The molecule has 0 spiro atoms. The van der Waals surface area contributed by atoms with E-state index in [0.717, 1.165) is 44.6 Å². The number of para-hydroxylation sites is 1. The summed E-state index contributed by atoms with van der Waals surface area (Å²) in [5.41, 5.74) is 2.17. The standard InChI is InChI=1S/C24H39N3O3/c1-6-26(24(29)30-7-2)15-12-18(3)27-16-13-21(14-17-27)19(4)22-10-8-9-11-23(22)25-20(5)28/h8-11,18-19,21H,6-7,12-17H2,1-5H3,(H,25,28). The van der Waals surface area contributed by atoms with Crippen LogP contribution in [0.4, 0.5) is 10.5 Å². The fraction of sp³-hybridized carbons (Fsp3) is 0.667. The summed E-state index contributed by atoms with van der Waals surface area (Å²) in [4.78, 5) is 27.8. The molecule has 0 radical (unpaired) electrons. The number of likely N-dealkylation sites (tertiary alicyclic amines) is 1. The van der Waals surface area contributed by atoms with E-state index < -0.39 is 0 Å². The first kappa shape index (κ1) is 24.2. The molecule has 1 N–H and O–H groups in total. The zero-order valence-electron chi connectivity index (χ0n) is 19.3. The second kappa shape index (κ2) is 11.9. The molecule has 1 saturated heterocycles. The number of anilines is 1. The van der Waals surface area contributed by atoms with Crippen molar-refractivity contribution in [3.05, 3.63) is 29.8 Å². The van der Waals surface area contributed by atoms with Gasteiger partial charge in [-0.3, -0.25) is 4.79 Å². The summed E-state index contributed by atoms with van der Waals surface area (Å²) in [5, 5.41) is 2.98. The molecule has 6 heteroatoms. The van der Waals surface area contributed by atoms with Gasteiger partial charge in [-0.2, -0.15) is 0 Å². The molecular weight excluding hydrogens is 378 g/mol. The Morgan fingerprint density at radius 2 is 1.87 bits per heavy atom. The van der Waals surface area contributed by atoms with E-state index in [1.54, 1.807) is 11.8 Å². The van der Waals surface area contributed by atoms with E-state index in [1.807, 2.05) is 26.0 Å². The summed E-state index contributed by atoms with van der Waals surface area (Å²) in [6, 6.07) is 8.60. The molecule has 1 aliphatic heterocycles. The molecule has 1 aromatic rings. The number of carbonyl (C=O) groups is 2. The van der Waals surface area contributed by atoms with Gasteiger partial charge in [-0.1, -0.05) is 25.1 Å². The molecule has 6 nitrogen and oxygen atoms in total. The highest BCUT2D eigenvalue weighted by Gasteiger charge is 2.28. The van der Waals surface area contributed by atoms with Gasteiger partial charge in [0.25, 0.3) is 0 Å². The number of carbonyl (C=O) groups excluding carboxylic acids is 2. The summed E-state index contributed by atoms with van der Waals surface area (Å²) >= 11 is 0. The van der Waals surface area contributed by atoms with Crippen LogP contribution in [0.1, 0.15) is 65.4 Å². The van der Waals surface area contributed by atoms with Gasteiger partial charge in [0.2, 0.25) is 5.91 Å². The van der Waals surface area contributed by atoms with Gasteiger partial charge in [0.1, 0.15) is 0 Å². The molecule has 0 aliphatic carbocycles. The molecule has 1 aliphatic rings. The Morgan fingerprint density at radius 3 is 2.47 bits per heavy atom. The van der Waals surface area contributed by atoms with Crippen LogP contribution in [0.2, 0.25) is 0 Å². The van der Waals surface area contributed by atoms with Gasteiger partial charge < -0.3 is 19.9 Å². The molecule has 2 unspecified atom stereocenters.